The first-order chi connectivity index (χ1) is 11.0. The molecule has 0 aliphatic rings. The fourth-order valence-electron chi connectivity index (χ4n) is 2.46. The number of rotatable bonds is 5. The summed E-state index contributed by atoms with van der Waals surface area (Å²) in [5.74, 6) is 1.03. The molecule has 0 saturated carbocycles. The Morgan fingerprint density at radius 3 is 2.52 bits per heavy atom. The fraction of sp³-hybridized carbons (Fsp3) is 0.316. The molecule has 0 saturated heterocycles. The van der Waals surface area contributed by atoms with E-state index in [4.69, 9.17) is 4.74 Å². The molecule has 2 aromatic rings. The van der Waals surface area contributed by atoms with Crippen LogP contribution in [0.25, 0.3) is 0 Å². The van der Waals surface area contributed by atoms with Gasteiger partial charge in [0.25, 0.3) is 0 Å². The van der Waals surface area contributed by atoms with E-state index in [9.17, 15) is 4.79 Å². The number of ether oxygens (including phenoxy) is 1. The lowest BCUT2D eigenvalue weighted by atomic mass is 9.97. The Kier molecular flexibility index (Phi) is 5.63. The van der Waals surface area contributed by atoms with E-state index in [1.165, 1.54) is 0 Å². The van der Waals surface area contributed by atoms with Crippen molar-refractivity contribution in [3.63, 3.8) is 0 Å². The molecule has 2 rings (SSSR count). The molecule has 0 aliphatic carbocycles. The third kappa shape index (κ3) is 4.25. The largest absolute Gasteiger partial charge is 0.495 e. The van der Waals surface area contributed by atoms with Gasteiger partial charge < -0.3 is 15.4 Å². The van der Waals surface area contributed by atoms with Gasteiger partial charge in [0, 0.05) is 5.69 Å². The molecule has 0 spiro atoms. The lowest BCUT2D eigenvalue weighted by Gasteiger charge is -2.17. The first kappa shape index (κ1) is 16.9. The van der Waals surface area contributed by atoms with Crippen molar-refractivity contribution in [1.82, 2.24) is 0 Å². The van der Waals surface area contributed by atoms with Crippen molar-refractivity contribution in [2.75, 3.05) is 17.7 Å². The van der Waals surface area contributed by atoms with Crippen LogP contribution < -0.4 is 15.4 Å². The zero-order valence-electron chi connectivity index (χ0n) is 14.1. The van der Waals surface area contributed by atoms with Gasteiger partial charge in [-0.2, -0.15) is 0 Å². The van der Waals surface area contributed by atoms with E-state index < -0.39 is 0 Å². The molecule has 1 unspecified atom stereocenters. The molecule has 0 aromatic heterocycles. The van der Waals surface area contributed by atoms with Gasteiger partial charge in [0.05, 0.1) is 12.8 Å². The van der Waals surface area contributed by atoms with Gasteiger partial charge in [-0.25, -0.2) is 4.79 Å². The third-order valence-electron chi connectivity index (χ3n) is 3.96. The number of benzene rings is 2. The molecule has 4 heteroatoms. The van der Waals surface area contributed by atoms with Crippen molar-refractivity contribution in [2.24, 2.45) is 0 Å². The number of para-hydroxylation sites is 1. The van der Waals surface area contributed by atoms with Crippen LogP contribution >= 0.6 is 0 Å². The SMILES string of the molecule is CCC(C)c1ccccc1NC(=O)Nc1cc(C)ccc1OC. The minimum absolute atomic E-state index is 0.273. The highest BCUT2D eigenvalue weighted by Crippen LogP contribution is 2.28. The summed E-state index contributed by atoms with van der Waals surface area (Å²) in [6.45, 7) is 6.27. The first-order valence-corrected chi connectivity index (χ1v) is 7.86. The van der Waals surface area contributed by atoms with Crippen LogP contribution in [-0.4, -0.2) is 13.1 Å². The molecular formula is C19H24N2O2. The van der Waals surface area contributed by atoms with Gasteiger partial charge in [-0.3, -0.25) is 0 Å². The third-order valence-corrected chi connectivity index (χ3v) is 3.96. The van der Waals surface area contributed by atoms with Crippen molar-refractivity contribution in [3.8, 4) is 5.75 Å². The lowest BCUT2D eigenvalue weighted by molar-refractivity contribution is 0.262. The quantitative estimate of drug-likeness (QED) is 0.801. The number of methoxy groups -OCH3 is 1. The summed E-state index contributed by atoms with van der Waals surface area (Å²) in [5.41, 5.74) is 3.69. The Balaban J connectivity index is 2.16. The van der Waals surface area contributed by atoms with Crippen molar-refractivity contribution in [1.29, 1.82) is 0 Å². The van der Waals surface area contributed by atoms with E-state index in [-0.39, 0.29) is 6.03 Å². The van der Waals surface area contributed by atoms with Crippen LogP contribution in [-0.2, 0) is 0 Å². The molecule has 4 nitrogen and oxygen atoms in total. The Morgan fingerprint density at radius 2 is 1.83 bits per heavy atom. The van der Waals surface area contributed by atoms with Crippen LogP contribution in [0, 0.1) is 6.92 Å². The summed E-state index contributed by atoms with van der Waals surface area (Å²) >= 11 is 0. The topological polar surface area (TPSA) is 50.4 Å². The smallest absolute Gasteiger partial charge is 0.323 e. The van der Waals surface area contributed by atoms with Crippen molar-refractivity contribution in [2.45, 2.75) is 33.1 Å². The number of aryl methyl sites for hydroxylation is 1. The van der Waals surface area contributed by atoms with Crippen molar-refractivity contribution in [3.05, 3.63) is 53.6 Å². The summed E-state index contributed by atoms with van der Waals surface area (Å²) in [6.07, 6.45) is 1.02. The van der Waals surface area contributed by atoms with Gasteiger partial charge in [0.15, 0.2) is 0 Å². The van der Waals surface area contributed by atoms with Gasteiger partial charge in [-0.05, 0) is 48.6 Å². The monoisotopic (exact) mass is 312 g/mol. The van der Waals surface area contributed by atoms with E-state index >= 15 is 0 Å². The van der Waals surface area contributed by atoms with E-state index in [1.54, 1.807) is 7.11 Å². The van der Waals surface area contributed by atoms with Crippen LogP contribution in [0.2, 0.25) is 0 Å². The summed E-state index contributed by atoms with van der Waals surface area (Å²) in [7, 11) is 1.59. The molecule has 0 fully saturated rings. The molecular weight excluding hydrogens is 288 g/mol. The minimum atomic E-state index is -0.273. The maximum Gasteiger partial charge on any atom is 0.323 e. The number of urea groups is 1. The maximum atomic E-state index is 12.3. The van der Waals surface area contributed by atoms with Gasteiger partial charge >= 0.3 is 6.03 Å². The predicted molar refractivity (Wildman–Crippen MR) is 95.5 cm³/mol. The van der Waals surface area contributed by atoms with Crippen LogP contribution in [0.5, 0.6) is 5.75 Å². The number of carbonyl (C=O) groups excluding carboxylic acids is 1. The normalized spacial score (nSPS) is 11.7. The van der Waals surface area contributed by atoms with Crippen LogP contribution in [0.3, 0.4) is 0 Å². The average Bonchev–Trinajstić information content (AvgIpc) is 2.55. The molecule has 1 atom stereocenters. The predicted octanol–water partition coefficient (Wildman–Crippen LogP) is 5.16. The molecule has 0 aliphatic heterocycles. The number of amides is 2. The van der Waals surface area contributed by atoms with E-state index in [0.717, 1.165) is 23.2 Å². The highest BCUT2D eigenvalue weighted by atomic mass is 16.5. The van der Waals surface area contributed by atoms with Crippen LogP contribution in [0.1, 0.15) is 37.3 Å². The van der Waals surface area contributed by atoms with Gasteiger partial charge in [-0.1, -0.05) is 38.1 Å². The zero-order chi connectivity index (χ0) is 16.8. The highest BCUT2D eigenvalue weighted by molar-refractivity contribution is 6.01. The second-order valence-electron chi connectivity index (χ2n) is 5.68. The molecule has 2 amide bonds. The Bertz CT molecular complexity index is 683. The number of nitrogens with one attached hydrogen (secondary N) is 2. The van der Waals surface area contributed by atoms with Crippen molar-refractivity contribution >= 4 is 17.4 Å². The highest BCUT2D eigenvalue weighted by Gasteiger charge is 2.12. The molecule has 0 heterocycles. The van der Waals surface area contributed by atoms with Gasteiger partial charge in [-0.15, -0.1) is 0 Å². The lowest BCUT2D eigenvalue weighted by Crippen LogP contribution is -2.21. The molecule has 0 radical (unpaired) electrons. The second-order valence-corrected chi connectivity index (χ2v) is 5.68. The second kappa shape index (κ2) is 7.68. The van der Waals surface area contributed by atoms with E-state index in [1.807, 2.05) is 43.3 Å². The Morgan fingerprint density at radius 1 is 1.13 bits per heavy atom. The first-order valence-electron chi connectivity index (χ1n) is 7.86. The summed E-state index contributed by atoms with van der Waals surface area (Å²) in [5, 5.41) is 5.80. The average molecular weight is 312 g/mol. The number of hydrogen-bond donors (Lipinski definition) is 2. The number of carbonyl (C=O) groups is 1. The molecule has 2 N–H and O–H groups in total. The fourth-order valence-corrected chi connectivity index (χ4v) is 2.46. The standard InChI is InChI=1S/C19H24N2O2/c1-5-14(3)15-8-6-7-9-16(15)20-19(22)21-17-12-13(2)10-11-18(17)23-4/h6-12,14H,5H2,1-4H3,(H2,20,21,22). The molecule has 122 valence electrons. The summed E-state index contributed by atoms with van der Waals surface area (Å²) < 4.78 is 5.29. The van der Waals surface area contributed by atoms with Crippen molar-refractivity contribution < 1.29 is 9.53 Å². The van der Waals surface area contributed by atoms with Gasteiger partial charge in [0.1, 0.15) is 5.75 Å². The molecule has 23 heavy (non-hydrogen) atoms. The van der Waals surface area contributed by atoms with E-state index in [0.29, 0.717) is 17.4 Å². The van der Waals surface area contributed by atoms with Crippen LogP contribution in [0.15, 0.2) is 42.5 Å². The number of hydrogen-bond acceptors (Lipinski definition) is 2. The summed E-state index contributed by atoms with van der Waals surface area (Å²) in [4.78, 5) is 12.3. The number of anilines is 2. The Hall–Kier alpha value is -2.49. The minimum Gasteiger partial charge on any atom is -0.495 e. The maximum absolute atomic E-state index is 12.3. The molecule has 2 aromatic carbocycles. The Labute approximate surface area is 137 Å². The zero-order valence-corrected chi connectivity index (χ0v) is 14.1. The van der Waals surface area contributed by atoms with E-state index in [2.05, 4.69) is 30.5 Å². The van der Waals surface area contributed by atoms with Gasteiger partial charge in [0.2, 0.25) is 0 Å². The summed E-state index contributed by atoms with van der Waals surface area (Å²) in [6, 6.07) is 13.3. The van der Waals surface area contributed by atoms with Crippen LogP contribution in [0.4, 0.5) is 16.2 Å². The molecule has 0 bridgehead atoms.